The van der Waals surface area contributed by atoms with Gasteiger partial charge in [0.2, 0.25) is 0 Å². The molecule has 0 unspecified atom stereocenters. The molecule has 1 aromatic carbocycles. The Balaban J connectivity index is 3.23. The quantitative estimate of drug-likeness (QED) is 0.660. The van der Waals surface area contributed by atoms with Crippen LogP contribution < -0.4 is 5.46 Å². The molecule has 0 bridgehead atoms. The first-order valence-corrected chi connectivity index (χ1v) is 4.46. The van der Waals surface area contributed by atoms with Crippen molar-refractivity contribution >= 4 is 12.6 Å². The molecule has 0 amide bonds. The second-order valence-corrected chi connectivity index (χ2v) is 3.49. The second-order valence-electron chi connectivity index (χ2n) is 3.49. The summed E-state index contributed by atoms with van der Waals surface area (Å²) in [4.78, 5) is 0. The van der Waals surface area contributed by atoms with Gasteiger partial charge in [0.25, 0.3) is 0 Å². The standard InChI is InChI=1S/C10H12BNO2/c1-7(2)10-5-9(11(13)14)4-3-8(10)6-12/h3-5,7,13-14H,1-2H3. The maximum atomic E-state index is 8.97. The van der Waals surface area contributed by atoms with Crippen molar-refractivity contribution in [2.45, 2.75) is 19.8 Å². The molecule has 0 spiro atoms. The minimum absolute atomic E-state index is 0.198. The Kier molecular flexibility index (Phi) is 3.29. The molecule has 0 atom stereocenters. The van der Waals surface area contributed by atoms with Gasteiger partial charge in [0.1, 0.15) is 0 Å². The van der Waals surface area contributed by atoms with E-state index in [1.54, 1.807) is 18.2 Å². The number of hydrogen-bond donors (Lipinski definition) is 2. The van der Waals surface area contributed by atoms with Crippen LogP contribution in [-0.2, 0) is 0 Å². The lowest BCUT2D eigenvalue weighted by atomic mass is 9.78. The van der Waals surface area contributed by atoms with Crippen LogP contribution in [0.2, 0.25) is 0 Å². The average molecular weight is 189 g/mol. The third-order valence-electron chi connectivity index (χ3n) is 2.12. The van der Waals surface area contributed by atoms with Crippen molar-refractivity contribution in [3.8, 4) is 6.07 Å². The molecular weight excluding hydrogens is 177 g/mol. The molecule has 0 saturated carbocycles. The molecule has 4 heteroatoms. The van der Waals surface area contributed by atoms with Crippen LogP contribution in [-0.4, -0.2) is 17.2 Å². The largest absolute Gasteiger partial charge is 0.488 e. The Morgan fingerprint density at radius 1 is 1.36 bits per heavy atom. The molecule has 72 valence electrons. The fourth-order valence-electron chi connectivity index (χ4n) is 1.32. The van der Waals surface area contributed by atoms with Crippen LogP contribution >= 0.6 is 0 Å². The zero-order valence-electron chi connectivity index (χ0n) is 8.23. The summed E-state index contributed by atoms with van der Waals surface area (Å²) in [6, 6.07) is 6.91. The first-order chi connectivity index (χ1) is 6.56. The van der Waals surface area contributed by atoms with Crippen LogP contribution in [0.5, 0.6) is 0 Å². The van der Waals surface area contributed by atoms with E-state index in [2.05, 4.69) is 6.07 Å². The number of nitrogens with zero attached hydrogens (tertiary/aromatic N) is 1. The van der Waals surface area contributed by atoms with Gasteiger partial charge in [-0.05, 0) is 23.0 Å². The van der Waals surface area contributed by atoms with Crippen LogP contribution in [0.4, 0.5) is 0 Å². The summed E-state index contributed by atoms with van der Waals surface area (Å²) >= 11 is 0. The van der Waals surface area contributed by atoms with E-state index in [-0.39, 0.29) is 5.92 Å². The van der Waals surface area contributed by atoms with E-state index in [1.807, 2.05) is 13.8 Å². The third-order valence-corrected chi connectivity index (χ3v) is 2.12. The van der Waals surface area contributed by atoms with Gasteiger partial charge in [-0.25, -0.2) is 0 Å². The molecular formula is C10H12BNO2. The first-order valence-electron chi connectivity index (χ1n) is 4.46. The smallest absolute Gasteiger partial charge is 0.423 e. The molecule has 0 radical (unpaired) electrons. The molecule has 0 aliphatic rings. The highest BCUT2D eigenvalue weighted by molar-refractivity contribution is 6.58. The fraction of sp³-hybridized carbons (Fsp3) is 0.300. The molecule has 0 aliphatic carbocycles. The maximum Gasteiger partial charge on any atom is 0.488 e. The van der Waals surface area contributed by atoms with E-state index in [4.69, 9.17) is 15.3 Å². The van der Waals surface area contributed by atoms with Crippen LogP contribution in [0.25, 0.3) is 0 Å². The summed E-state index contributed by atoms with van der Waals surface area (Å²) in [6.45, 7) is 3.92. The summed E-state index contributed by atoms with van der Waals surface area (Å²) in [5, 5.41) is 26.8. The van der Waals surface area contributed by atoms with Crippen molar-refractivity contribution in [1.29, 1.82) is 5.26 Å². The zero-order chi connectivity index (χ0) is 10.7. The third kappa shape index (κ3) is 2.14. The fourth-order valence-corrected chi connectivity index (χ4v) is 1.32. The Hall–Kier alpha value is -1.31. The lowest BCUT2D eigenvalue weighted by Crippen LogP contribution is -2.30. The second kappa shape index (κ2) is 4.27. The molecule has 14 heavy (non-hydrogen) atoms. The minimum Gasteiger partial charge on any atom is -0.423 e. The molecule has 0 fully saturated rings. The van der Waals surface area contributed by atoms with E-state index in [0.717, 1.165) is 5.56 Å². The molecule has 1 aromatic rings. The highest BCUT2D eigenvalue weighted by Gasteiger charge is 2.14. The van der Waals surface area contributed by atoms with Crippen LogP contribution in [0.15, 0.2) is 18.2 Å². The number of hydrogen-bond acceptors (Lipinski definition) is 3. The van der Waals surface area contributed by atoms with Gasteiger partial charge in [0.05, 0.1) is 11.6 Å². The van der Waals surface area contributed by atoms with Crippen molar-refractivity contribution in [2.75, 3.05) is 0 Å². The summed E-state index contributed by atoms with van der Waals surface area (Å²) in [5.41, 5.74) is 1.86. The first kappa shape index (κ1) is 10.8. The maximum absolute atomic E-state index is 8.97. The minimum atomic E-state index is -1.47. The van der Waals surface area contributed by atoms with Gasteiger partial charge in [-0.1, -0.05) is 26.0 Å². The number of rotatable bonds is 2. The van der Waals surface area contributed by atoms with E-state index in [1.165, 1.54) is 0 Å². The summed E-state index contributed by atoms with van der Waals surface area (Å²) in [7, 11) is -1.47. The van der Waals surface area contributed by atoms with Crippen LogP contribution in [0.1, 0.15) is 30.9 Å². The lowest BCUT2D eigenvalue weighted by molar-refractivity contribution is 0.425. The summed E-state index contributed by atoms with van der Waals surface area (Å²) < 4.78 is 0. The van der Waals surface area contributed by atoms with Crippen molar-refractivity contribution in [3.05, 3.63) is 29.3 Å². The van der Waals surface area contributed by atoms with E-state index >= 15 is 0 Å². The molecule has 0 saturated heterocycles. The highest BCUT2D eigenvalue weighted by Crippen LogP contribution is 2.17. The molecule has 3 nitrogen and oxygen atoms in total. The van der Waals surface area contributed by atoms with Gasteiger partial charge in [0, 0.05) is 0 Å². The van der Waals surface area contributed by atoms with Crippen LogP contribution in [0, 0.1) is 11.3 Å². The van der Waals surface area contributed by atoms with Crippen molar-refractivity contribution < 1.29 is 10.0 Å². The highest BCUT2D eigenvalue weighted by atomic mass is 16.4. The predicted molar refractivity (Wildman–Crippen MR) is 55.1 cm³/mol. The van der Waals surface area contributed by atoms with Crippen molar-refractivity contribution in [3.63, 3.8) is 0 Å². The van der Waals surface area contributed by atoms with E-state index < -0.39 is 7.12 Å². The Labute approximate surface area is 83.8 Å². The van der Waals surface area contributed by atoms with E-state index in [0.29, 0.717) is 11.0 Å². The summed E-state index contributed by atoms with van der Waals surface area (Å²) in [5.74, 6) is 0.198. The van der Waals surface area contributed by atoms with Gasteiger partial charge in [-0.3, -0.25) is 0 Å². The average Bonchev–Trinajstić information content (AvgIpc) is 2.16. The van der Waals surface area contributed by atoms with Gasteiger partial charge in [0.15, 0.2) is 0 Å². The van der Waals surface area contributed by atoms with Crippen molar-refractivity contribution in [2.24, 2.45) is 0 Å². The van der Waals surface area contributed by atoms with Crippen molar-refractivity contribution in [1.82, 2.24) is 0 Å². The van der Waals surface area contributed by atoms with E-state index in [9.17, 15) is 0 Å². The van der Waals surface area contributed by atoms with Gasteiger partial charge < -0.3 is 10.0 Å². The molecule has 0 aromatic heterocycles. The summed E-state index contributed by atoms with van der Waals surface area (Å²) in [6.07, 6.45) is 0. The van der Waals surface area contributed by atoms with Gasteiger partial charge in [-0.2, -0.15) is 5.26 Å². The Morgan fingerprint density at radius 2 is 2.00 bits per heavy atom. The van der Waals surface area contributed by atoms with Gasteiger partial charge in [-0.15, -0.1) is 0 Å². The molecule has 2 N–H and O–H groups in total. The monoisotopic (exact) mass is 189 g/mol. The van der Waals surface area contributed by atoms with Crippen LogP contribution in [0.3, 0.4) is 0 Å². The molecule has 0 aliphatic heterocycles. The van der Waals surface area contributed by atoms with Gasteiger partial charge >= 0.3 is 7.12 Å². The number of nitriles is 1. The Bertz CT molecular complexity index is 369. The predicted octanol–water partition coefficient (Wildman–Crippen LogP) is 0.361. The molecule has 0 heterocycles. The number of benzene rings is 1. The topological polar surface area (TPSA) is 64.2 Å². The SMILES string of the molecule is CC(C)c1cc(B(O)O)ccc1C#N. The normalized spacial score (nSPS) is 10.0. The molecule has 1 rings (SSSR count). The Morgan fingerprint density at radius 3 is 2.43 bits per heavy atom. The zero-order valence-corrected chi connectivity index (χ0v) is 8.23. The lowest BCUT2D eigenvalue weighted by Gasteiger charge is -2.09.